The van der Waals surface area contributed by atoms with E-state index in [9.17, 15) is 19.5 Å². The van der Waals surface area contributed by atoms with Crippen LogP contribution in [0.1, 0.15) is 46.5 Å². The molecule has 2 fully saturated rings. The molecule has 4 aliphatic rings. The Balaban J connectivity index is 1.77. The Kier molecular flexibility index (Phi) is 6.96. The number of amides is 3. The summed E-state index contributed by atoms with van der Waals surface area (Å²) in [5, 5.41) is 9.45. The van der Waals surface area contributed by atoms with Gasteiger partial charge >= 0.3 is 0 Å². The standard InChI is InChI=1S/C25H37N3O5/c1-4-9-17(3)27-14-7-11-25-20(23(31)28(15-8-16-29)21(25)24(27)32)19-18(33-25)10-6-13-26(12-5-2)22(19)30/h6-7,10-11,17-21,29H,4-5,8-9,12-16H2,1-3H3/t17?,18-,19+,20-,21?,25-/m0/s1. The van der Waals surface area contributed by atoms with Crippen LogP contribution in [0.15, 0.2) is 24.3 Å². The van der Waals surface area contributed by atoms with Crippen molar-refractivity contribution in [2.75, 3.05) is 32.8 Å². The summed E-state index contributed by atoms with van der Waals surface area (Å²) in [6.07, 6.45) is 10.1. The Morgan fingerprint density at radius 1 is 1.09 bits per heavy atom. The number of likely N-dealkylation sites (tertiary alicyclic amines) is 1. The zero-order valence-electron chi connectivity index (χ0n) is 20.0. The molecule has 2 unspecified atom stereocenters. The minimum Gasteiger partial charge on any atom is -0.396 e. The molecule has 33 heavy (non-hydrogen) atoms. The SMILES string of the molecule is CCCC(C)N1CC=C[C@]23O[C@H]4C=CCN(CCC)C(=O)[C@H]4[C@H]2C(=O)N(CCCO)C3C1=O. The number of aliphatic hydroxyl groups is 1. The van der Waals surface area contributed by atoms with Crippen molar-refractivity contribution in [2.24, 2.45) is 11.8 Å². The van der Waals surface area contributed by atoms with E-state index in [-0.39, 0.29) is 36.9 Å². The largest absolute Gasteiger partial charge is 0.396 e. The molecule has 0 aromatic rings. The second kappa shape index (κ2) is 9.58. The number of nitrogens with zero attached hydrogens (tertiary/aromatic N) is 3. The molecule has 1 N–H and O–H groups in total. The lowest BCUT2D eigenvalue weighted by Crippen LogP contribution is -2.56. The van der Waals surface area contributed by atoms with Gasteiger partial charge in [0, 0.05) is 38.8 Å². The molecule has 0 radical (unpaired) electrons. The predicted octanol–water partition coefficient (Wildman–Crippen LogP) is 1.35. The van der Waals surface area contributed by atoms with Gasteiger partial charge in [0.2, 0.25) is 17.7 Å². The van der Waals surface area contributed by atoms with Crippen LogP contribution in [0.25, 0.3) is 0 Å². The van der Waals surface area contributed by atoms with Crippen molar-refractivity contribution >= 4 is 17.7 Å². The second-order valence-electron chi connectivity index (χ2n) is 9.69. The topological polar surface area (TPSA) is 90.4 Å². The predicted molar refractivity (Wildman–Crippen MR) is 123 cm³/mol. The highest BCUT2D eigenvalue weighted by atomic mass is 16.5. The molecule has 6 atom stereocenters. The molecule has 0 aliphatic carbocycles. The zero-order chi connectivity index (χ0) is 23.8. The smallest absolute Gasteiger partial charge is 0.249 e. The summed E-state index contributed by atoms with van der Waals surface area (Å²) < 4.78 is 6.58. The minimum absolute atomic E-state index is 0.0320. The molecule has 0 saturated carbocycles. The molecule has 1 spiro atoms. The molecule has 4 aliphatic heterocycles. The first kappa shape index (κ1) is 24.0. The molecule has 4 heterocycles. The van der Waals surface area contributed by atoms with E-state index in [2.05, 4.69) is 6.92 Å². The summed E-state index contributed by atoms with van der Waals surface area (Å²) in [4.78, 5) is 46.6. The van der Waals surface area contributed by atoms with Gasteiger partial charge in [-0.1, -0.05) is 44.6 Å². The first-order valence-corrected chi connectivity index (χ1v) is 12.4. The van der Waals surface area contributed by atoms with E-state index in [1.54, 1.807) is 9.80 Å². The third-order valence-electron chi connectivity index (χ3n) is 7.56. The van der Waals surface area contributed by atoms with Crippen LogP contribution in [-0.2, 0) is 19.1 Å². The van der Waals surface area contributed by atoms with Crippen LogP contribution < -0.4 is 0 Å². The minimum atomic E-state index is -1.17. The van der Waals surface area contributed by atoms with Crippen molar-refractivity contribution in [1.29, 1.82) is 0 Å². The van der Waals surface area contributed by atoms with Gasteiger partial charge in [0.05, 0.1) is 17.9 Å². The van der Waals surface area contributed by atoms with Crippen molar-refractivity contribution in [2.45, 2.75) is 70.2 Å². The third kappa shape index (κ3) is 3.81. The van der Waals surface area contributed by atoms with Crippen molar-refractivity contribution < 1.29 is 24.2 Å². The van der Waals surface area contributed by atoms with E-state index in [0.29, 0.717) is 26.1 Å². The van der Waals surface area contributed by atoms with Crippen molar-refractivity contribution in [3.05, 3.63) is 24.3 Å². The molecule has 3 amide bonds. The lowest BCUT2D eigenvalue weighted by molar-refractivity contribution is -0.149. The van der Waals surface area contributed by atoms with E-state index in [1.165, 1.54) is 0 Å². The van der Waals surface area contributed by atoms with E-state index >= 15 is 0 Å². The number of hydrogen-bond acceptors (Lipinski definition) is 5. The number of rotatable bonds is 8. The number of carbonyl (C=O) groups excluding carboxylic acids is 3. The molecule has 182 valence electrons. The van der Waals surface area contributed by atoms with E-state index in [0.717, 1.165) is 19.3 Å². The molecule has 4 rings (SSSR count). The van der Waals surface area contributed by atoms with E-state index < -0.39 is 29.6 Å². The normalized spacial score (nSPS) is 34.3. The highest BCUT2D eigenvalue weighted by Gasteiger charge is 2.71. The van der Waals surface area contributed by atoms with Crippen LogP contribution in [0, 0.1) is 11.8 Å². The summed E-state index contributed by atoms with van der Waals surface area (Å²) >= 11 is 0. The average molecular weight is 460 g/mol. The molecule has 8 nitrogen and oxygen atoms in total. The van der Waals surface area contributed by atoms with Gasteiger partial charge in [-0.15, -0.1) is 0 Å². The van der Waals surface area contributed by atoms with Crippen LogP contribution in [-0.4, -0.2) is 94.1 Å². The summed E-state index contributed by atoms with van der Waals surface area (Å²) in [6, 6.07) is -0.794. The lowest BCUT2D eigenvalue weighted by atomic mass is 9.77. The molecule has 0 bridgehead atoms. The van der Waals surface area contributed by atoms with Crippen LogP contribution in [0.2, 0.25) is 0 Å². The van der Waals surface area contributed by atoms with Crippen molar-refractivity contribution in [1.82, 2.24) is 14.7 Å². The van der Waals surface area contributed by atoms with Gasteiger partial charge in [-0.2, -0.15) is 0 Å². The van der Waals surface area contributed by atoms with Crippen molar-refractivity contribution in [3.63, 3.8) is 0 Å². The maximum Gasteiger partial charge on any atom is 0.249 e. The van der Waals surface area contributed by atoms with Gasteiger partial charge in [0.15, 0.2) is 0 Å². The molecule has 0 aromatic carbocycles. The molecule has 0 aromatic heterocycles. The molecule has 8 heteroatoms. The Hall–Kier alpha value is -2.19. The van der Waals surface area contributed by atoms with Crippen LogP contribution >= 0.6 is 0 Å². The van der Waals surface area contributed by atoms with Gasteiger partial charge in [-0.25, -0.2) is 0 Å². The first-order chi connectivity index (χ1) is 15.9. The number of aliphatic hydroxyl groups excluding tert-OH is 1. The Labute approximate surface area is 196 Å². The van der Waals surface area contributed by atoms with Crippen LogP contribution in [0.5, 0.6) is 0 Å². The van der Waals surface area contributed by atoms with Gasteiger partial charge in [0.25, 0.3) is 0 Å². The Bertz CT molecular complexity index is 842. The maximum atomic E-state index is 14.0. The monoisotopic (exact) mass is 459 g/mol. The summed E-state index contributed by atoms with van der Waals surface area (Å²) in [5.74, 6) is -1.83. The summed E-state index contributed by atoms with van der Waals surface area (Å²) in [6.45, 7) is 7.92. The van der Waals surface area contributed by atoms with Crippen LogP contribution in [0.3, 0.4) is 0 Å². The number of carbonyl (C=O) groups is 3. The summed E-state index contributed by atoms with van der Waals surface area (Å²) in [5.41, 5.74) is -1.17. The highest BCUT2D eigenvalue weighted by molar-refractivity contribution is 5.99. The fraction of sp³-hybridized carbons (Fsp3) is 0.720. The molecular weight excluding hydrogens is 422 g/mol. The highest BCUT2D eigenvalue weighted by Crippen LogP contribution is 2.53. The van der Waals surface area contributed by atoms with Crippen molar-refractivity contribution in [3.8, 4) is 0 Å². The van der Waals surface area contributed by atoms with Gasteiger partial charge in [-0.05, 0) is 26.2 Å². The Morgan fingerprint density at radius 3 is 2.58 bits per heavy atom. The maximum absolute atomic E-state index is 14.0. The zero-order valence-corrected chi connectivity index (χ0v) is 20.0. The molecular formula is C25H37N3O5. The average Bonchev–Trinajstić information content (AvgIpc) is 3.10. The number of ether oxygens (including phenoxy) is 1. The van der Waals surface area contributed by atoms with Gasteiger partial charge < -0.3 is 24.5 Å². The first-order valence-electron chi connectivity index (χ1n) is 12.4. The third-order valence-corrected chi connectivity index (χ3v) is 7.56. The fourth-order valence-electron chi connectivity index (χ4n) is 6.13. The van der Waals surface area contributed by atoms with Gasteiger partial charge in [-0.3, -0.25) is 14.4 Å². The fourth-order valence-corrected chi connectivity index (χ4v) is 6.13. The molecule has 2 saturated heterocycles. The van der Waals surface area contributed by atoms with Crippen LogP contribution in [0.4, 0.5) is 0 Å². The second-order valence-corrected chi connectivity index (χ2v) is 9.69. The summed E-state index contributed by atoms with van der Waals surface area (Å²) in [7, 11) is 0. The number of fused-ring (bicyclic) bond motifs is 2. The quantitative estimate of drug-likeness (QED) is 0.554. The van der Waals surface area contributed by atoms with Gasteiger partial charge in [0.1, 0.15) is 11.6 Å². The number of hydrogen-bond donors (Lipinski definition) is 1. The van der Waals surface area contributed by atoms with E-state index in [1.807, 2.05) is 43.1 Å². The van der Waals surface area contributed by atoms with E-state index in [4.69, 9.17) is 4.74 Å². The Morgan fingerprint density at radius 2 is 1.88 bits per heavy atom. The lowest BCUT2D eigenvalue weighted by Gasteiger charge is -2.37.